The highest BCUT2D eigenvalue weighted by molar-refractivity contribution is 5.35. The van der Waals surface area contributed by atoms with Crippen molar-refractivity contribution in [3.8, 4) is 12.0 Å². The molecule has 2 rings (SSSR count). The monoisotopic (exact) mass is 267 g/mol. The molecule has 0 bridgehead atoms. The van der Waals surface area contributed by atoms with E-state index in [2.05, 4.69) is 19.9 Å². The molecule has 2 N–H and O–H groups in total. The third-order valence-corrected chi connectivity index (χ3v) is 3.32. The molecule has 1 atom stereocenters. The fraction of sp³-hybridized carbons (Fsp3) is 0.750. The van der Waals surface area contributed by atoms with Crippen molar-refractivity contribution in [3.05, 3.63) is 0 Å². The number of hydrogen-bond acceptors (Lipinski definition) is 7. The summed E-state index contributed by atoms with van der Waals surface area (Å²) >= 11 is 0. The fourth-order valence-electron chi connectivity index (χ4n) is 2.39. The van der Waals surface area contributed by atoms with Gasteiger partial charge in [0.15, 0.2) is 0 Å². The molecule has 7 nitrogen and oxygen atoms in total. The van der Waals surface area contributed by atoms with Gasteiger partial charge in [-0.1, -0.05) is 0 Å². The van der Waals surface area contributed by atoms with Gasteiger partial charge in [0.1, 0.15) is 0 Å². The summed E-state index contributed by atoms with van der Waals surface area (Å²) in [5, 5.41) is 0. The lowest BCUT2D eigenvalue weighted by molar-refractivity contribution is 0.339. The fourth-order valence-corrected chi connectivity index (χ4v) is 2.39. The zero-order valence-electron chi connectivity index (χ0n) is 11.5. The number of nitrogens with two attached hydrogens (primary N) is 1. The zero-order chi connectivity index (χ0) is 13.7. The molecular formula is C12H21N5O2. The van der Waals surface area contributed by atoms with Gasteiger partial charge in [-0.05, 0) is 32.2 Å². The van der Waals surface area contributed by atoms with E-state index in [0.29, 0.717) is 18.5 Å². The van der Waals surface area contributed by atoms with Crippen LogP contribution in [0.3, 0.4) is 0 Å². The number of anilines is 1. The third-order valence-electron chi connectivity index (χ3n) is 3.32. The van der Waals surface area contributed by atoms with Crippen LogP contribution in [0, 0.1) is 0 Å². The molecule has 0 aromatic carbocycles. The van der Waals surface area contributed by atoms with E-state index in [1.54, 1.807) is 0 Å². The first-order valence-corrected chi connectivity index (χ1v) is 6.59. The molecule has 2 heterocycles. The number of methoxy groups -OCH3 is 2. The largest absolute Gasteiger partial charge is 0.467 e. The molecule has 106 valence electrons. The van der Waals surface area contributed by atoms with Crippen molar-refractivity contribution in [1.29, 1.82) is 0 Å². The first kappa shape index (κ1) is 13.8. The molecule has 19 heavy (non-hydrogen) atoms. The van der Waals surface area contributed by atoms with Crippen LogP contribution < -0.4 is 20.1 Å². The van der Waals surface area contributed by atoms with Crippen molar-refractivity contribution >= 4 is 5.95 Å². The Morgan fingerprint density at radius 1 is 1.21 bits per heavy atom. The second-order valence-corrected chi connectivity index (χ2v) is 4.53. The maximum Gasteiger partial charge on any atom is 0.324 e. The molecule has 0 spiro atoms. The molecule has 1 fully saturated rings. The Labute approximate surface area is 113 Å². The van der Waals surface area contributed by atoms with E-state index in [1.807, 2.05) is 0 Å². The maximum absolute atomic E-state index is 5.58. The van der Waals surface area contributed by atoms with Gasteiger partial charge >= 0.3 is 12.0 Å². The Kier molecular flexibility index (Phi) is 4.73. The van der Waals surface area contributed by atoms with Crippen LogP contribution in [-0.2, 0) is 0 Å². The van der Waals surface area contributed by atoms with Crippen molar-refractivity contribution in [3.63, 3.8) is 0 Å². The van der Waals surface area contributed by atoms with Crippen molar-refractivity contribution in [2.45, 2.75) is 31.7 Å². The van der Waals surface area contributed by atoms with Crippen LogP contribution in [0.2, 0.25) is 0 Å². The lowest BCUT2D eigenvalue weighted by Crippen LogP contribution is -2.31. The molecular weight excluding hydrogens is 246 g/mol. The van der Waals surface area contributed by atoms with E-state index in [0.717, 1.165) is 32.2 Å². The minimum Gasteiger partial charge on any atom is -0.467 e. The van der Waals surface area contributed by atoms with Gasteiger partial charge in [0.2, 0.25) is 5.95 Å². The molecule has 0 aliphatic carbocycles. The lowest BCUT2D eigenvalue weighted by Gasteiger charge is -2.24. The van der Waals surface area contributed by atoms with Crippen LogP contribution in [0.25, 0.3) is 0 Å². The first-order chi connectivity index (χ1) is 9.28. The summed E-state index contributed by atoms with van der Waals surface area (Å²) in [5.74, 6) is 0.628. The predicted molar refractivity (Wildman–Crippen MR) is 71.6 cm³/mol. The number of nitrogens with zero attached hydrogens (tertiary/aromatic N) is 4. The van der Waals surface area contributed by atoms with Crippen molar-refractivity contribution in [2.24, 2.45) is 5.73 Å². The topological polar surface area (TPSA) is 86.4 Å². The Morgan fingerprint density at radius 2 is 1.89 bits per heavy atom. The van der Waals surface area contributed by atoms with Crippen LogP contribution in [-0.4, -0.2) is 48.3 Å². The SMILES string of the molecule is COc1nc(OC)nc(N2CCCC2CCCN)n1. The number of aromatic nitrogens is 3. The molecule has 0 radical (unpaired) electrons. The second kappa shape index (κ2) is 6.51. The Hall–Kier alpha value is -1.63. The van der Waals surface area contributed by atoms with Crippen molar-refractivity contribution in [1.82, 2.24) is 15.0 Å². The highest BCUT2D eigenvalue weighted by Gasteiger charge is 2.27. The predicted octanol–water partition coefficient (Wildman–Crippen LogP) is 0.597. The molecule has 0 saturated carbocycles. The zero-order valence-corrected chi connectivity index (χ0v) is 11.5. The van der Waals surface area contributed by atoms with Gasteiger partial charge < -0.3 is 20.1 Å². The van der Waals surface area contributed by atoms with Crippen molar-refractivity contribution < 1.29 is 9.47 Å². The van der Waals surface area contributed by atoms with E-state index in [-0.39, 0.29) is 12.0 Å². The van der Waals surface area contributed by atoms with Gasteiger partial charge in [0.05, 0.1) is 14.2 Å². The van der Waals surface area contributed by atoms with Gasteiger partial charge in [-0.15, -0.1) is 4.98 Å². The first-order valence-electron chi connectivity index (χ1n) is 6.59. The molecule has 1 aromatic rings. The second-order valence-electron chi connectivity index (χ2n) is 4.53. The quantitative estimate of drug-likeness (QED) is 0.807. The van der Waals surface area contributed by atoms with Gasteiger partial charge in [-0.25, -0.2) is 0 Å². The summed E-state index contributed by atoms with van der Waals surface area (Å²) in [7, 11) is 3.07. The van der Waals surface area contributed by atoms with Crippen LogP contribution in [0.5, 0.6) is 12.0 Å². The average molecular weight is 267 g/mol. The Bertz CT molecular complexity index is 393. The van der Waals surface area contributed by atoms with Gasteiger partial charge in [-0.2, -0.15) is 9.97 Å². The highest BCUT2D eigenvalue weighted by Crippen LogP contribution is 2.27. The molecule has 1 aliphatic rings. The maximum atomic E-state index is 5.58. The minimum absolute atomic E-state index is 0.284. The van der Waals surface area contributed by atoms with Crippen LogP contribution in [0.4, 0.5) is 5.95 Å². The Balaban J connectivity index is 2.19. The van der Waals surface area contributed by atoms with Gasteiger partial charge in [-0.3, -0.25) is 0 Å². The van der Waals surface area contributed by atoms with Crippen molar-refractivity contribution in [2.75, 3.05) is 32.2 Å². The molecule has 1 unspecified atom stereocenters. The third kappa shape index (κ3) is 3.23. The average Bonchev–Trinajstić information content (AvgIpc) is 2.92. The Morgan fingerprint density at radius 3 is 2.47 bits per heavy atom. The molecule has 7 heteroatoms. The van der Waals surface area contributed by atoms with E-state index >= 15 is 0 Å². The van der Waals surface area contributed by atoms with Crippen LogP contribution >= 0.6 is 0 Å². The van der Waals surface area contributed by atoms with E-state index in [9.17, 15) is 0 Å². The number of ether oxygens (including phenoxy) is 2. The number of rotatable bonds is 6. The summed E-state index contributed by atoms with van der Waals surface area (Å²) in [4.78, 5) is 14.8. The molecule has 1 saturated heterocycles. The standard InChI is InChI=1S/C12H21N5O2/c1-18-11-14-10(15-12(16-11)19-2)17-8-4-6-9(17)5-3-7-13/h9H,3-8,13H2,1-2H3. The van der Waals surface area contributed by atoms with Crippen LogP contribution in [0.1, 0.15) is 25.7 Å². The number of hydrogen-bond donors (Lipinski definition) is 1. The summed E-state index contributed by atoms with van der Waals surface area (Å²) in [6.45, 7) is 1.67. The normalized spacial score (nSPS) is 18.7. The van der Waals surface area contributed by atoms with E-state index in [1.165, 1.54) is 14.2 Å². The molecule has 1 aliphatic heterocycles. The smallest absolute Gasteiger partial charge is 0.324 e. The minimum atomic E-state index is 0.284. The van der Waals surface area contributed by atoms with Crippen LogP contribution in [0.15, 0.2) is 0 Å². The summed E-state index contributed by atoms with van der Waals surface area (Å²) < 4.78 is 10.2. The van der Waals surface area contributed by atoms with Gasteiger partial charge in [0.25, 0.3) is 0 Å². The summed E-state index contributed by atoms with van der Waals surface area (Å²) in [5.41, 5.74) is 5.58. The van der Waals surface area contributed by atoms with E-state index in [4.69, 9.17) is 15.2 Å². The molecule has 1 aromatic heterocycles. The highest BCUT2D eigenvalue weighted by atomic mass is 16.5. The summed E-state index contributed by atoms with van der Waals surface area (Å²) in [6, 6.07) is 1.01. The lowest BCUT2D eigenvalue weighted by atomic mass is 10.1. The van der Waals surface area contributed by atoms with E-state index < -0.39 is 0 Å². The summed E-state index contributed by atoms with van der Waals surface area (Å²) in [6.07, 6.45) is 4.37. The molecule has 0 amide bonds. The van der Waals surface area contributed by atoms with Gasteiger partial charge in [0, 0.05) is 12.6 Å².